The van der Waals surface area contributed by atoms with Crippen LogP contribution in [0.2, 0.25) is 0 Å². The summed E-state index contributed by atoms with van der Waals surface area (Å²) in [6.45, 7) is 1.81. The maximum Gasteiger partial charge on any atom is 0.323 e. The number of H-pyrrole nitrogens is 2. The molecule has 0 aliphatic carbocycles. The zero-order valence-electron chi connectivity index (χ0n) is 13.7. The molecular weight excluding hydrogens is 336 g/mol. The van der Waals surface area contributed by atoms with Gasteiger partial charge in [-0.05, 0) is 49.0 Å². The van der Waals surface area contributed by atoms with E-state index < -0.39 is 0 Å². The van der Waals surface area contributed by atoms with Crippen molar-refractivity contribution in [1.29, 1.82) is 0 Å². The van der Waals surface area contributed by atoms with E-state index in [1.807, 2.05) is 0 Å². The van der Waals surface area contributed by atoms with E-state index in [4.69, 9.17) is 0 Å². The molecule has 0 spiro atoms. The number of fused-ring (bicyclic) bond motifs is 1. The highest BCUT2D eigenvalue weighted by Gasteiger charge is 2.26. The van der Waals surface area contributed by atoms with Crippen molar-refractivity contribution in [2.75, 3.05) is 18.4 Å². The molecule has 0 saturated carbocycles. The zero-order valence-corrected chi connectivity index (χ0v) is 14.6. The van der Waals surface area contributed by atoms with Crippen LogP contribution >= 0.6 is 11.3 Å². The van der Waals surface area contributed by atoms with Crippen molar-refractivity contribution in [3.63, 3.8) is 0 Å². The van der Waals surface area contributed by atoms with Crippen LogP contribution in [0.4, 0.5) is 5.69 Å². The van der Waals surface area contributed by atoms with Crippen LogP contribution in [0.1, 0.15) is 30.2 Å². The van der Waals surface area contributed by atoms with Gasteiger partial charge in [-0.25, -0.2) is 4.79 Å². The molecule has 1 fully saturated rings. The van der Waals surface area contributed by atoms with Crippen LogP contribution in [0.3, 0.4) is 0 Å². The lowest BCUT2D eigenvalue weighted by atomic mass is 10.2. The van der Waals surface area contributed by atoms with Gasteiger partial charge in [0.25, 0.3) is 0 Å². The molecule has 25 heavy (non-hydrogen) atoms. The summed E-state index contributed by atoms with van der Waals surface area (Å²) in [4.78, 5) is 32.8. The normalized spacial score (nSPS) is 18.0. The second-order valence-electron chi connectivity index (χ2n) is 6.35. The number of nitrogens with zero attached hydrogens (tertiary/aromatic N) is 1. The Labute approximate surface area is 148 Å². The third-order valence-corrected chi connectivity index (χ3v) is 5.63. The van der Waals surface area contributed by atoms with Crippen molar-refractivity contribution in [3.8, 4) is 0 Å². The fourth-order valence-corrected chi connectivity index (χ4v) is 4.37. The van der Waals surface area contributed by atoms with Crippen LogP contribution in [0.5, 0.6) is 0 Å². The van der Waals surface area contributed by atoms with Crippen LogP contribution in [-0.4, -0.2) is 33.9 Å². The average Bonchev–Trinajstić information content (AvgIpc) is 3.31. The van der Waals surface area contributed by atoms with Gasteiger partial charge >= 0.3 is 5.69 Å². The number of nitrogens with one attached hydrogen (secondary N) is 3. The lowest BCUT2D eigenvalue weighted by Gasteiger charge is -2.23. The van der Waals surface area contributed by atoms with Crippen molar-refractivity contribution in [1.82, 2.24) is 14.9 Å². The Morgan fingerprint density at radius 3 is 3.00 bits per heavy atom. The number of carbonyl (C=O) groups is 1. The molecule has 3 N–H and O–H groups in total. The Bertz CT molecular complexity index is 928. The molecule has 1 aliphatic heterocycles. The minimum absolute atomic E-state index is 0.00550. The molecule has 2 aromatic heterocycles. The van der Waals surface area contributed by atoms with Gasteiger partial charge in [0.1, 0.15) is 0 Å². The molecule has 0 radical (unpaired) electrons. The highest BCUT2D eigenvalue weighted by Crippen LogP contribution is 2.34. The van der Waals surface area contributed by atoms with Gasteiger partial charge in [-0.15, -0.1) is 11.3 Å². The Morgan fingerprint density at radius 1 is 1.28 bits per heavy atom. The summed E-state index contributed by atoms with van der Waals surface area (Å²) in [5.41, 5.74) is 1.88. The van der Waals surface area contributed by atoms with Crippen molar-refractivity contribution in [2.45, 2.75) is 25.3 Å². The van der Waals surface area contributed by atoms with Crippen LogP contribution in [0.25, 0.3) is 11.0 Å². The second kappa shape index (κ2) is 6.85. The number of hydrogen-bond acceptors (Lipinski definition) is 4. The number of hydrogen-bond donors (Lipinski definition) is 3. The smallest absolute Gasteiger partial charge is 0.323 e. The number of likely N-dealkylation sites (tertiary alicyclic amines) is 1. The lowest BCUT2D eigenvalue weighted by Crippen LogP contribution is -2.27. The summed E-state index contributed by atoms with van der Waals surface area (Å²) in [6, 6.07) is 10.1. The molecule has 3 aromatic rings. The SMILES string of the molecule is O=C(CCN1CCCC1c1cccs1)Nc1ccc2[nH]c(=O)[nH]c2c1. The van der Waals surface area contributed by atoms with Gasteiger partial charge in [-0.2, -0.15) is 0 Å². The fraction of sp³-hybridized carbons (Fsp3) is 0.333. The molecule has 1 amide bonds. The minimum atomic E-state index is -0.243. The summed E-state index contributed by atoms with van der Waals surface area (Å²) in [5, 5.41) is 5.03. The molecule has 1 atom stereocenters. The first-order valence-corrected chi connectivity index (χ1v) is 9.36. The summed E-state index contributed by atoms with van der Waals surface area (Å²) in [5.74, 6) is -0.00550. The molecule has 0 bridgehead atoms. The van der Waals surface area contributed by atoms with E-state index in [0.29, 0.717) is 23.7 Å². The molecule has 1 unspecified atom stereocenters. The number of benzene rings is 1. The van der Waals surface area contributed by atoms with E-state index in [1.165, 1.54) is 17.7 Å². The van der Waals surface area contributed by atoms with Crippen molar-refractivity contribution < 1.29 is 4.79 Å². The number of carbonyl (C=O) groups excluding carboxylic acids is 1. The molecule has 3 heterocycles. The van der Waals surface area contributed by atoms with Crippen molar-refractivity contribution in [2.24, 2.45) is 0 Å². The molecule has 6 nitrogen and oxygen atoms in total. The Hall–Kier alpha value is -2.38. The largest absolute Gasteiger partial charge is 0.326 e. The monoisotopic (exact) mass is 356 g/mol. The number of rotatable bonds is 5. The van der Waals surface area contributed by atoms with Gasteiger partial charge < -0.3 is 15.3 Å². The minimum Gasteiger partial charge on any atom is -0.326 e. The Morgan fingerprint density at radius 2 is 2.16 bits per heavy atom. The van der Waals surface area contributed by atoms with E-state index in [0.717, 1.165) is 18.6 Å². The number of thiophene rings is 1. The van der Waals surface area contributed by atoms with Gasteiger partial charge in [0, 0.05) is 29.6 Å². The van der Waals surface area contributed by atoms with Gasteiger partial charge in [-0.1, -0.05) is 6.07 Å². The highest BCUT2D eigenvalue weighted by molar-refractivity contribution is 7.10. The van der Waals surface area contributed by atoms with Crippen LogP contribution in [0, 0.1) is 0 Å². The number of imidazole rings is 1. The molecule has 7 heteroatoms. The highest BCUT2D eigenvalue weighted by atomic mass is 32.1. The van der Waals surface area contributed by atoms with Gasteiger partial charge in [0.2, 0.25) is 5.91 Å². The zero-order chi connectivity index (χ0) is 17.2. The average molecular weight is 356 g/mol. The number of aromatic amines is 2. The van der Waals surface area contributed by atoms with Gasteiger partial charge in [0.15, 0.2) is 0 Å². The van der Waals surface area contributed by atoms with E-state index in [2.05, 4.69) is 37.7 Å². The first-order valence-electron chi connectivity index (χ1n) is 8.48. The van der Waals surface area contributed by atoms with Crippen LogP contribution in [-0.2, 0) is 4.79 Å². The Balaban J connectivity index is 1.36. The number of amides is 1. The molecule has 1 aliphatic rings. The van der Waals surface area contributed by atoms with E-state index in [-0.39, 0.29) is 11.6 Å². The predicted molar refractivity (Wildman–Crippen MR) is 100 cm³/mol. The standard InChI is InChI=1S/C18H20N4O2S/c23-17(19-12-5-6-13-14(11-12)21-18(24)20-13)7-9-22-8-1-3-15(22)16-4-2-10-25-16/h2,4-6,10-11,15H,1,3,7-9H2,(H,19,23)(H2,20,21,24). The molecule has 1 aromatic carbocycles. The topological polar surface area (TPSA) is 81.0 Å². The van der Waals surface area contributed by atoms with Crippen LogP contribution < -0.4 is 11.0 Å². The second-order valence-corrected chi connectivity index (χ2v) is 7.33. The number of anilines is 1. The third kappa shape index (κ3) is 3.52. The summed E-state index contributed by atoms with van der Waals surface area (Å²) < 4.78 is 0. The summed E-state index contributed by atoms with van der Waals surface area (Å²) >= 11 is 1.79. The summed E-state index contributed by atoms with van der Waals surface area (Å²) in [6.07, 6.45) is 2.81. The van der Waals surface area contributed by atoms with Crippen LogP contribution in [0.15, 0.2) is 40.5 Å². The van der Waals surface area contributed by atoms with E-state index >= 15 is 0 Å². The van der Waals surface area contributed by atoms with Gasteiger partial charge in [-0.3, -0.25) is 9.69 Å². The Kier molecular flexibility index (Phi) is 4.42. The molecular formula is C18H20N4O2S. The lowest BCUT2D eigenvalue weighted by molar-refractivity contribution is -0.116. The molecule has 130 valence electrons. The van der Waals surface area contributed by atoms with E-state index in [1.54, 1.807) is 29.5 Å². The maximum atomic E-state index is 12.3. The number of aromatic nitrogens is 2. The van der Waals surface area contributed by atoms with Gasteiger partial charge in [0.05, 0.1) is 11.0 Å². The third-order valence-electron chi connectivity index (χ3n) is 4.66. The first-order chi connectivity index (χ1) is 12.2. The summed E-state index contributed by atoms with van der Waals surface area (Å²) in [7, 11) is 0. The van der Waals surface area contributed by atoms with Crippen molar-refractivity contribution >= 4 is 34.0 Å². The quantitative estimate of drug-likeness (QED) is 0.657. The van der Waals surface area contributed by atoms with Crippen molar-refractivity contribution in [3.05, 3.63) is 51.1 Å². The fourth-order valence-electron chi connectivity index (χ4n) is 3.48. The van der Waals surface area contributed by atoms with E-state index in [9.17, 15) is 9.59 Å². The maximum absolute atomic E-state index is 12.3. The molecule has 4 rings (SSSR count). The molecule has 1 saturated heterocycles. The predicted octanol–water partition coefficient (Wildman–Crippen LogP) is 3.08. The first kappa shape index (κ1) is 16.1.